The van der Waals surface area contributed by atoms with E-state index in [2.05, 4.69) is 20.2 Å². The van der Waals surface area contributed by atoms with Gasteiger partial charge in [0, 0.05) is 53.8 Å². The van der Waals surface area contributed by atoms with Crippen LogP contribution in [-0.4, -0.2) is 49.2 Å². The van der Waals surface area contributed by atoms with Crippen LogP contribution < -0.4 is 19.7 Å². The van der Waals surface area contributed by atoms with Gasteiger partial charge in [0.25, 0.3) is 0 Å². The van der Waals surface area contributed by atoms with Gasteiger partial charge in [0.05, 0.1) is 31.7 Å². The summed E-state index contributed by atoms with van der Waals surface area (Å²) in [6.45, 7) is 2.93. The molecule has 0 aliphatic carbocycles. The number of carbonyl (C=O) groups is 1. The SMILES string of the molecule is COc1cccc(Oc2nc(Nc3ccccc3N3CCOCC3)ncc2CC(=O)Cc2c(Cl)cccc2Cl)c1. The van der Waals surface area contributed by atoms with E-state index in [-0.39, 0.29) is 24.5 Å². The molecule has 0 unspecified atom stereocenters. The molecule has 0 amide bonds. The average molecular weight is 579 g/mol. The maximum atomic E-state index is 13.1. The Morgan fingerprint density at radius 2 is 1.70 bits per heavy atom. The fourth-order valence-corrected chi connectivity index (χ4v) is 4.92. The number of para-hydroxylation sites is 2. The van der Waals surface area contributed by atoms with Crippen LogP contribution in [0.2, 0.25) is 10.0 Å². The molecule has 5 rings (SSSR count). The molecule has 8 nitrogen and oxygen atoms in total. The van der Waals surface area contributed by atoms with Crippen molar-refractivity contribution in [3.63, 3.8) is 0 Å². The van der Waals surface area contributed by atoms with Crippen LogP contribution in [0.5, 0.6) is 17.4 Å². The molecule has 1 aliphatic rings. The van der Waals surface area contributed by atoms with Gasteiger partial charge in [0.2, 0.25) is 11.8 Å². The molecule has 40 heavy (non-hydrogen) atoms. The van der Waals surface area contributed by atoms with Gasteiger partial charge in [0.1, 0.15) is 17.3 Å². The zero-order valence-corrected chi connectivity index (χ0v) is 23.4. The Hall–Kier alpha value is -3.85. The Labute approximate surface area is 242 Å². The van der Waals surface area contributed by atoms with Crippen LogP contribution in [0.25, 0.3) is 0 Å². The third kappa shape index (κ3) is 6.83. The van der Waals surface area contributed by atoms with E-state index in [0.717, 1.165) is 24.5 Å². The highest BCUT2D eigenvalue weighted by Gasteiger charge is 2.19. The number of halogens is 2. The van der Waals surface area contributed by atoms with Crippen molar-refractivity contribution in [3.05, 3.63) is 94.1 Å². The lowest BCUT2D eigenvalue weighted by Gasteiger charge is -2.30. The molecule has 0 spiro atoms. The van der Waals surface area contributed by atoms with Gasteiger partial charge < -0.3 is 24.4 Å². The number of morpholine rings is 1. The molecule has 2 heterocycles. The Balaban J connectivity index is 1.43. The minimum Gasteiger partial charge on any atom is -0.497 e. The van der Waals surface area contributed by atoms with Gasteiger partial charge in [-0.2, -0.15) is 4.98 Å². The Bertz CT molecular complexity index is 1470. The normalized spacial score (nSPS) is 13.1. The highest BCUT2D eigenvalue weighted by molar-refractivity contribution is 6.36. The molecule has 0 atom stereocenters. The van der Waals surface area contributed by atoms with E-state index in [1.807, 2.05) is 36.4 Å². The van der Waals surface area contributed by atoms with Gasteiger partial charge >= 0.3 is 0 Å². The number of rotatable bonds is 10. The first kappa shape index (κ1) is 27.7. The summed E-state index contributed by atoms with van der Waals surface area (Å²) < 4.78 is 17.0. The van der Waals surface area contributed by atoms with Crippen molar-refractivity contribution >= 4 is 46.3 Å². The lowest BCUT2D eigenvalue weighted by Crippen LogP contribution is -2.36. The summed E-state index contributed by atoms with van der Waals surface area (Å²) in [4.78, 5) is 24.5. The molecule has 0 saturated carbocycles. The standard InChI is InChI=1S/C30H28Cl2N4O4/c1-38-22-6-4-7-23(18-22)40-29-20(16-21(37)17-24-25(31)8-5-9-26(24)32)19-33-30(35-29)34-27-10-2-3-11-28(27)36-12-14-39-15-13-36/h2-11,18-19H,12-17H2,1H3,(H,33,34,35). The first-order chi connectivity index (χ1) is 19.5. The van der Waals surface area contributed by atoms with Gasteiger partial charge in [-0.3, -0.25) is 4.79 Å². The van der Waals surface area contributed by atoms with Gasteiger partial charge in [-0.05, 0) is 42.0 Å². The van der Waals surface area contributed by atoms with Crippen LogP contribution in [-0.2, 0) is 22.4 Å². The Morgan fingerprint density at radius 3 is 2.48 bits per heavy atom. The second-order valence-corrected chi connectivity index (χ2v) is 9.95. The van der Waals surface area contributed by atoms with Gasteiger partial charge in [-0.25, -0.2) is 4.98 Å². The molecule has 206 valence electrons. The summed E-state index contributed by atoms with van der Waals surface area (Å²) in [7, 11) is 1.58. The van der Waals surface area contributed by atoms with E-state index >= 15 is 0 Å². The summed E-state index contributed by atoms with van der Waals surface area (Å²) in [5.41, 5.74) is 3.00. The number of nitrogens with zero attached hydrogens (tertiary/aromatic N) is 3. The Morgan fingerprint density at radius 1 is 0.975 bits per heavy atom. The molecule has 0 bridgehead atoms. The molecular formula is C30H28Cl2N4O4. The molecule has 3 aromatic carbocycles. The molecular weight excluding hydrogens is 551 g/mol. The summed E-state index contributed by atoms with van der Waals surface area (Å²) in [6, 6.07) is 20.3. The van der Waals surface area contributed by atoms with E-state index in [9.17, 15) is 4.79 Å². The van der Waals surface area contributed by atoms with Crippen LogP contribution in [0.4, 0.5) is 17.3 Å². The van der Waals surface area contributed by atoms with E-state index < -0.39 is 0 Å². The summed E-state index contributed by atoms with van der Waals surface area (Å²) in [5, 5.41) is 4.22. The lowest BCUT2D eigenvalue weighted by molar-refractivity contribution is -0.117. The second-order valence-electron chi connectivity index (χ2n) is 9.14. The smallest absolute Gasteiger partial charge is 0.230 e. The second kappa shape index (κ2) is 13.0. The molecule has 1 N–H and O–H groups in total. The summed E-state index contributed by atoms with van der Waals surface area (Å²) >= 11 is 12.6. The predicted octanol–water partition coefficient (Wildman–Crippen LogP) is 6.52. The first-order valence-electron chi connectivity index (χ1n) is 12.8. The van der Waals surface area contributed by atoms with Crippen molar-refractivity contribution in [2.45, 2.75) is 12.8 Å². The molecule has 1 aliphatic heterocycles. The highest BCUT2D eigenvalue weighted by Crippen LogP contribution is 2.32. The lowest BCUT2D eigenvalue weighted by atomic mass is 10.0. The maximum absolute atomic E-state index is 13.1. The number of Topliss-reactive ketones (excluding diaryl/α,β-unsaturated/α-hetero) is 1. The minimum absolute atomic E-state index is 0.0332. The summed E-state index contributed by atoms with van der Waals surface area (Å²) in [5.74, 6) is 1.64. The van der Waals surface area contributed by atoms with Crippen molar-refractivity contribution < 1.29 is 19.0 Å². The number of ketones is 1. The Kier molecular flexibility index (Phi) is 9.01. The van der Waals surface area contributed by atoms with Crippen LogP contribution in [0.15, 0.2) is 72.9 Å². The van der Waals surface area contributed by atoms with Crippen LogP contribution in [0, 0.1) is 0 Å². The van der Waals surface area contributed by atoms with Crippen molar-refractivity contribution in [2.75, 3.05) is 43.6 Å². The molecule has 0 radical (unpaired) electrons. The van der Waals surface area contributed by atoms with Crippen molar-refractivity contribution in [1.82, 2.24) is 9.97 Å². The monoisotopic (exact) mass is 578 g/mol. The number of hydrogen-bond donors (Lipinski definition) is 1. The number of hydrogen-bond acceptors (Lipinski definition) is 8. The molecule has 10 heteroatoms. The molecule has 1 aromatic heterocycles. The third-order valence-corrected chi connectivity index (χ3v) is 7.11. The van der Waals surface area contributed by atoms with Gasteiger partial charge in [-0.1, -0.05) is 47.5 Å². The summed E-state index contributed by atoms with van der Waals surface area (Å²) in [6.07, 6.45) is 1.71. The van der Waals surface area contributed by atoms with Crippen LogP contribution >= 0.6 is 23.2 Å². The first-order valence-corrected chi connectivity index (χ1v) is 13.6. The number of carbonyl (C=O) groups excluding carboxylic acids is 1. The quantitative estimate of drug-likeness (QED) is 0.227. The number of methoxy groups -OCH3 is 1. The molecule has 4 aromatic rings. The number of nitrogens with one attached hydrogen (secondary N) is 1. The van der Waals surface area contributed by atoms with Gasteiger partial charge in [-0.15, -0.1) is 0 Å². The van der Waals surface area contributed by atoms with E-state index in [1.54, 1.807) is 43.6 Å². The van der Waals surface area contributed by atoms with Crippen molar-refractivity contribution in [2.24, 2.45) is 0 Å². The van der Waals surface area contributed by atoms with Crippen molar-refractivity contribution in [3.8, 4) is 17.4 Å². The average Bonchev–Trinajstić information content (AvgIpc) is 2.97. The van der Waals surface area contributed by atoms with E-state index in [1.165, 1.54) is 0 Å². The van der Waals surface area contributed by atoms with E-state index in [0.29, 0.717) is 51.8 Å². The van der Waals surface area contributed by atoms with Crippen LogP contribution in [0.1, 0.15) is 11.1 Å². The number of benzene rings is 3. The molecule has 1 fully saturated rings. The van der Waals surface area contributed by atoms with Crippen LogP contribution in [0.3, 0.4) is 0 Å². The number of anilines is 3. The minimum atomic E-state index is -0.104. The van der Waals surface area contributed by atoms with Gasteiger partial charge in [0.15, 0.2) is 0 Å². The third-order valence-electron chi connectivity index (χ3n) is 6.41. The predicted molar refractivity (Wildman–Crippen MR) is 157 cm³/mol. The largest absolute Gasteiger partial charge is 0.497 e. The van der Waals surface area contributed by atoms with E-state index in [4.69, 9.17) is 37.4 Å². The highest BCUT2D eigenvalue weighted by atomic mass is 35.5. The zero-order valence-electron chi connectivity index (χ0n) is 21.9. The molecule has 1 saturated heterocycles. The fourth-order valence-electron chi connectivity index (χ4n) is 4.39. The number of aromatic nitrogens is 2. The maximum Gasteiger partial charge on any atom is 0.230 e. The van der Waals surface area contributed by atoms with Crippen molar-refractivity contribution in [1.29, 1.82) is 0 Å². The fraction of sp³-hybridized carbons (Fsp3) is 0.233. The zero-order chi connectivity index (χ0) is 27.9. The number of ether oxygens (including phenoxy) is 3. The topological polar surface area (TPSA) is 85.8 Å².